The number of ether oxygens (including phenoxy) is 1. The lowest BCUT2D eigenvalue weighted by atomic mass is 10.1. The third kappa shape index (κ3) is 3.98. The molecule has 1 atom stereocenters. The molecule has 1 fully saturated rings. The van der Waals surface area contributed by atoms with E-state index in [-0.39, 0.29) is 23.3 Å². The Hall–Kier alpha value is -3.75. The number of aromatic nitrogens is 3. The van der Waals surface area contributed by atoms with E-state index in [4.69, 9.17) is 4.74 Å². The fourth-order valence-electron chi connectivity index (χ4n) is 3.69. The van der Waals surface area contributed by atoms with Crippen LogP contribution >= 0.6 is 0 Å². The Kier molecular flexibility index (Phi) is 5.41. The van der Waals surface area contributed by atoms with Crippen molar-refractivity contribution in [2.45, 2.75) is 32.7 Å². The minimum atomic E-state index is -0.468. The molecule has 0 bridgehead atoms. The molecule has 1 aromatic heterocycles. The zero-order chi connectivity index (χ0) is 22.1. The molecular weight excluding hydrogens is 398 g/mol. The van der Waals surface area contributed by atoms with Gasteiger partial charge >= 0.3 is 0 Å². The molecule has 2 aromatic carbocycles. The van der Waals surface area contributed by atoms with Crippen molar-refractivity contribution in [1.82, 2.24) is 15.0 Å². The average Bonchev–Trinajstić information content (AvgIpc) is 3.56. The maximum atomic E-state index is 13.6. The molecule has 1 amide bonds. The number of nitro benzene ring substituents is 1. The Morgan fingerprint density at radius 2 is 1.97 bits per heavy atom. The number of hydrogen-bond acceptors (Lipinski definition) is 6. The van der Waals surface area contributed by atoms with Crippen LogP contribution in [0.3, 0.4) is 0 Å². The second kappa shape index (κ2) is 8.17. The van der Waals surface area contributed by atoms with Crippen LogP contribution in [0, 0.1) is 23.0 Å². The van der Waals surface area contributed by atoms with E-state index in [0.29, 0.717) is 23.0 Å². The summed E-state index contributed by atoms with van der Waals surface area (Å²) in [6, 6.07) is 13.4. The summed E-state index contributed by atoms with van der Waals surface area (Å²) >= 11 is 0. The van der Waals surface area contributed by atoms with E-state index in [2.05, 4.69) is 10.3 Å². The number of benzene rings is 2. The Morgan fingerprint density at radius 1 is 1.26 bits per heavy atom. The van der Waals surface area contributed by atoms with Gasteiger partial charge in [-0.25, -0.2) is 4.68 Å². The lowest BCUT2D eigenvalue weighted by Gasteiger charge is -2.29. The van der Waals surface area contributed by atoms with Gasteiger partial charge in [0.1, 0.15) is 5.75 Å². The topological polar surface area (TPSA) is 103 Å². The van der Waals surface area contributed by atoms with Crippen molar-refractivity contribution in [2.75, 3.05) is 12.0 Å². The molecule has 0 spiro atoms. The van der Waals surface area contributed by atoms with Crippen LogP contribution in [0.15, 0.2) is 48.5 Å². The van der Waals surface area contributed by atoms with Crippen molar-refractivity contribution in [3.63, 3.8) is 0 Å². The summed E-state index contributed by atoms with van der Waals surface area (Å²) in [5, 5.41) is 19.4. The van der Waals surface area contributed by atoms with Crippen molar-refractivity contribution in [3.05, 3.63) is 70.0 Å². The number of carbonyl (C=O) groups excluding carboxylic acids is 1. The number of hydrogen-bond donors (Lipinski definition) is 0. The minimum absolute atomic E-state index is 0.00302. The molecule has 1 saturated carbocycles. The summed E-state index contributed by atoms with van der Waals surface area (Å²) in [4.78, 5) is 26.0. The third-order valence-corrected chi connectivity index (χ3v) is 5.66. The Balaban J connectivity index is 1.70. The second-order valence-electron chi connectivity index (χ2n) is 7.66. The van der Waals surface area contributed by atoms with Gasteiger partial charge < -0.3 is 9.64 Å². The second-order valence-corrected chi connectivity index (χ2v) is 7.66. The van der Waals surface area contributed by atoms with E-state index in [9.17, 15) is 14.9 Å². The summed E-state index contributed by atoms with van der Waals surface area (Å²) < 4.78 is 6.69. The standard InChI is InChI=1S/C22H23N5O4/c1-14(16-7-8-16)25(17-9-11-20(31-3)12-10-17)22(28)21-15(2)26(24-23-21)18-5-4-6-19(13-18)27(29)30/h4-6,9-14,16H,7-8H2,1-3H3. The molecule has 3 aromatic rings. The first-order chi connectivity index (χ1) is 14.9. The molecule has 1 aliphatic rings. The highest BCUT2D eigenvalue weighted by Gasteiger charge is 2.37. The molecule has 160 valence electrons. The van der Waals surface area contributed by atoms with Crippen molar-refractivity contribution in [3.8, 4) is 11.4 Å². The van der Waals surface area contributed by atoms with Crippen molar-refractivity contribution < 1.29 is 14.5 Å². The van der Waals surface area contributed by atoms with Gasteiger partial charge in [-0.1, -0.05) is 11.3 Å². The van der Waals surface area contributed by atoms with E-state index in [1.165, 1.54) is 16.8 Å². The Bertz CT molecular complexity index is 1120. The predicted octanol–water partition coefficient (Wildman–Crippen LogP) is 3.94. The van der Waals surface area contributed by atoms with Gasteiger partial charge in [-0.15, -0.1) is 5.10 Å². The molecule has 0 radical (unpaired) electrons. The van der Waals surface area contributed by atoms with E-state index < -0.39 is 4.92 Å². The lowest BCUT2D eigenvalue weighted by molar-refractivity contribution is -0.384. The summed E-state index contributed by atoms with van der Waals surface area (Å²) in [6.45, 7) is 3.78. The van der Waals surface area contributed by atoms with Crippen LogP contribution in [-0.4, -0.2) is 39.0 Å². The number of nitro groups is 1. The largest absolute Gasteiger partial charge is 0.497 e. The van der Waals surface area contributed by atoms with E-state index in [1.807, 2.05) is 31.2 Å². The van der Waals surface area contributed by atoms with Crippen LogP contribution in [0.2, 0.25) is 0 Å². The molecule has 31 heavy (non-hydrogen) atoms. The summed E-state index contributed by atoms with van der Waals surface area (Å²) in [7, 11) is 1.60. The molecule has 4 rings (SSSR count). The van der Waals surface area contributed by atoms with E-state index in [0.717, 1.165) is 18.5 Å². The zero-order valence-electron chi connectivity index (χ0n) is 17.6. The lowest BCUT2D eigenvalue weighted by Crippen LogP contribution is -2.40. The van der Waals surface area contributed by atoms with Crippen molar-refractivity contribution in [1.29, 1.82) is 0 Å². The molecule has 1 unspecified atom stereocenters. The summed E-state index contributed by atoms with van der Waals surface area (Å²) in [6.07, 6.45) is 2.17. The van der Waals surface area contributed by atoms with E-state index >= 15 is 0 Å². The van der Waals surface area contributed by atoms with Gasteiger partial charge in [-0.3, -0.25) is 14.9 Å². The molecular formula is C22H23N5O4. The summed E-state index contributed by atoms with van der Waals surface area (Å²) in [5.41, 5.74) is 1.92. The third-order valence-electron chi connectivity index (χ3n) is 5.66. The van der Waals surface area contributed by atoms with Crippen LogP contribution in [-0.2, 0) is 0 Å². The Morgan fingerprint density at radius 3 is 2.58 bits per heavy atom. The highest BCUT2D eigenvalue weighted by Crippen LogP contribution is 2.38. The molecule has 0 saturated heterocycles. The first-order valence-electron chi connectivity index (χ1n) is 10.1. The molecule has 0 N–H and O–H groups in total. The SMILES string of the molecule is COc1ccc(N(C(=O)c2nnn(-c3cccc([N+](=O)[O-])c3)c2C)C(C)C2CC2)cc1. The fraction of sp³-hybridized carbons (Fsp3) is 0.318. The van der Waals surface area contributed by atoms with Gasteiger partial charge in [0, 0.05) is 23.9 Å². The van der Waals surface area contributed by atoms with Crippen LogP contribution in [0.1, 0.15) is 35.9 Å². The van der Waals surface area contributed by atoms with Gasteiger partial charge in [-0.2, -0.15) is 0 Å². The molecule has 0 aliphatic heterocycles. The number of rotatable bonds is 7. The van der Waals surface area contributed by atoms with Crippen molar-refractivity contribution >= 4 is 17.3 Å². The molecule has 9 nitrogen and oxygen atoms in total. The van der Waals surface area contributed by atoms with Crippen molar-refractivity contribution in [2.24, 2.45) is 5.92 Å². The molecule has 1 heterocycles. The van der Waals surface area contributed by atoms with Gasteiger partial charge in [-0.05, 0) is 62.9 Å². The van der Waals surface area contributed by atoms with Gasteiger partial charge in [0.15, 0.2) is 5.69 Å². The van der Waals surface area contributed by atoms with Crippen LogP contribution in [0.25, 0.3) is 5.69 Å². The number of carbonyl (C=O) groups is 1. The molecule has 9 heteroatoms. The fourth-order valence-corrected chi connectivity index (χ4v) is 3.69. The maximum absolute atomic E-state index is 13.6. The van der Waals surface area contributed by atoms with Gasteiger partial charge in [0.05, 0.1) is 23.4 Å². The highest BCUT2D eigenvalue weighted by atomic mass is 16.6. The minimum Gasteiger partial charge on any atom is -0.497 e. The molecule has 1 aliphatic carbocycles. The smallest absolute Gasteiger partial charge is 0.281 e. The number of nitrogens with zero attached hydrogens (tertiary/aromatic N) is 5. The average molecular weight is 421 g/mol. The van der Waals surface area contributed by atoms with Crippen LogP contribution in [0.4, 0.5) is 11.4 Å². The first kappa shape index (κ1) is 20.5. The summed E-state index contributed by atoms with van der Waals surface area (Å²) in [5.74, 6) is 0.903. The predicted molar refractivity (Wildman–Crippen MR) is 115 cm³/mol. The normalized spacial score (nSPS) is 14.2. The first-order valence-corrected chi connectivity index (χ1v) is 10.1. The maximum Gasteiger partial charge on any atom is 0.281 e. The van der Waals surface area contributed by atoms with Gasteiger partial charge in [0.2, 0.25) is 0 Å². The monoisotopic (exact) mass is 421 g/mol. The zero-order valence-corrected chi connectivity index (χ0v) is 17.6. The number of amides is 1. The highest BCUT2D eigenvalue weighted by molar-refractivity contribution is 6.06. The number of non-ortho nitro benzene ring substituents is 1. The Labute approximate surface area is 179 Å². The quantitative estimate of drug-likeness (QED) is 0.423. The van der Waals surface area contributed by atoms with Crippen LogP contribution in [0.5, 0.6) is 5.75 Å². The van der Waals surface area contributed by atoms with Gasteiger partial charge in [0.25, 0.3) is 11.6 Å². The number of methoxy groups -OCH3 is 1. The van der Waals surface area contributed by atoms with Crippen LogP contribution < -0.4 is 9.64 Å². The number of anilines is 1. The van der Waals surface area contributed by atoms with E-state index in [1.54, 1.807) is 31.1 Å².